The first-order valence-electron chi connectivity index (χ1n) is 10.6. The van der Waals surface area contributed by atoms with Crippen LogP contribution in [0.25, 0.3) is 0 Å². The Balaban J connectivity index is 1.62. The fraction of sp³-hybridized carbons (Fsp3) is 0.391. The van der Waals surface area contributed by atoms with Crippen molar-refractivity contribution >= 4 is 27.5 Å². The van der Waals surface area contributed by atoms with E-state index in [1.165, 1.54) is 6.07 Å². The maximum atomic E-state index is 12.8. The predicted molar refractivity (Wildman–Crippen MR) is 124 cm³/mol. The van der Waals surface area contributed by atoms with Crippen LogP contribution in [0.3, 0.4) is 0 Å². The summed E-state index contributed by atoms with van der Waals surface area (Å²) in [4.78, 5) is 19.8. The lowest BCUT2D eigenvalue weighted by Crippen LogP contribution is -2.39. The number of hydrogen-bond donors (Lipinski definition) is 2. The largest absolute Gasteiger partial charge is 0.372 e. The van der Waals surface area contributed by atoms with E-state index in [9.17, 15) is 13.2 Å². The summed E-state index contributed by atoms with van der Waals surface area (Å²) in [5.41, 5.74) is 1.66. The molecule has 0 saturated carbocycles. The van der Waals surface area contributed by atoms with Crippen molar-refractivity contribution in [1.82, 2.24) is 10.0 Å². The highest BCUT2D eigenvalue weighted by Crippen LogP contribution is 2.23. The number of fused-ring (bicyclic) bond motifs is 1. The zero-order valence-corrected chi connectivity index (χ0v) is 19.0. The highest BCUT2D eigenvalue weighted by molar-refractivity contribution is 7.90. The van der Waals surface area contributed by atoms with Gasteiger partial charge in [0.15, 0.2) is 0 Å². The second-order valence-electron chi connectivity index (χ2n) is 7.83. The third kappa shape index (κ3) is 5.44. The summed E-state index contributed by atoms with van der Waals surface area (Å²) in [5.74, 6) is -0.0549. The fourth-order valence-electron chi connectivity index (χ4n) is 3.57. The van der Waals surface area contributed by atoms with Crippen molar-refractivity contribution in [2.75, 3.05) is 24.5 Å². The molecule has 3 rings (SSSR count). The Bertz CT molecular complexity index is 1040. The normalized spacial score (nSPS) is 16.6. The zero-order valence-electron chi connectivity index (χ0n) is 18.2. The van der Waals surface area contributed by atoms with Gasteiger partial charge in [-0.1, -0.05) is 44.2 Å². The predicted octanol–water partition coefficient (Wildman–Crippen LogP) is 2.78. The summed E-state index contributed by atoms with van der Waals surface area (Å²) in [5, 5.41) is 2.96. The lowest BCUT2D eigenvalue weighted by molar-refractivity contribution is -0.123. The van der Waals surface area contributed by atoms with E-state index in [0.29, 0.717) is 12.1 Å². The quantitative estimate of drug-likeness (QED) is 0.584. The van der Waals surface area contributed by atoms with E-state index in [1.807, 2.05) is 32.0 Å². The topological polar surface area (TPSA) is 90.9 Å². The third-order valence-corrected chi connectivity index (χ3v) is 6.64. The number of aliphatic imine (C=N–C) groups is 1. The molecular formula is C23H30N4O3S. The molecule has 1 aliphatic heterocycles. The monoisotopic (exact) mass is 442 g/mol. The number of amides is 1. The van der Waals surface area contributed by atoms with Gasteiger partial charge in [0.2, 0.25) is 5.91 Å². The smallest absolute Gasteiger partial charge is 0.263 e. The first-order valence-corrected chi connectivity index (χ1v) is 12.1. The lowest BCUT2D eigenvalue weighted by Gasteiger charge is -2.23. The number of benzene rings is 2. The van der Waals surface area contributed by atoms with E-state index in [-0.39, 0.29) is 22.6 Å². The minimum Gasteiger partial charge on any atom is -0.372 e. The van der Waals surface area contributed by atoms with E-state index >= 15 is 0 Å². The highest BCUT2D eigenvalue weighted by Gasteiger charge is 2.32. The van der Waals surface area contributed by atoms with Gasteiger partial charge >= 0.3 is 0 Å². The van der Waals surface area contributed by atoms with Crippen LogP contribution < -0.4 is 14.9 Å². The van der Waals surface area contributed by atoms with Crippen molar-refractivity contribution in [2.24, 2.45) is 10.9 Å². The molecule has 2 N–H and O–H groups in total. The first kappa shape index (κ1) is 22.8. The molecule has 2 aromatic rings. The molecule has 31 heavy (non-hydrogen) atoms. The number of carbonyl (C=O) groups excluding carboxylic acids is 1. The molecule has 0 fully saturated rings. The van der Waals surface area contributed by atoms with E-state index < -0.39 is 16.1 Å². The third-order valence-electron chi connectivity index (χ3n) is 5.24. The Morgan fingerprint density at radius 2 is 1.77 bits per heavy atom. The molecule has 0 aliphatic carbocycles. The minimum atomic E-state index is -3.63. The van der Waals surface area contributed by atoms with Gasteiger partial charge < -0.3 is 10.2 Å². The van der Waals surface area contributed by atoms with Gasteiger partial charge in [-0.15, -0.1) is 0 Å². The number of amidine groups is 1. The average Bonchev–Trinajstić information content (AvgIpc) is 3.02. The second kappa shape index (κ2) is 9.96. The van der Waals surface area contributed by atoms with Crippen LogP contribution in [0, 0.1) is 5.92 Å². The van der Waals surface area contributed by atoms with Crippen LogP contribution in [0.15, 0.2) is 64.5 Å². The summed E-state index contributed by atoms with van der Waals surface area (Å²) in [7, 11) is -3.63. The Morgan fingerprint density at radius 1 is 1.10 bits per heavy atom. The SMILES string of the molecule is CCN(CCCNC(=O)[C@@H](N=C1NS(=O)(=O)c2ccccc21)C(C)C)c1ccccc1. The van der Waals surface area contributed by atoms with Crippen molar-refractivity contribution in [3.05, 3.63) is 60.2 Å². The van der Waals surface area contributed by atoms with E-state index in [4.69, 9.17) is 0 Å². The second-order valence-corrected chi connectivity index (χ2v) is 9.48. The van der Waals surface area contributed by atoms with E-state index in [1.54, 1.807) is 18.2 Å². The molecule has 0 radical (unpaired) electrons. The van der Waals surface area contributed by atoms with Gasteiger partial charge in [0.05, 0.1) is 4.90 Å². The van der Waals surface area contributed by atoms with Crippen LogP contribution in [0.4, 0.5) is 5.69 Å². The van der Waals surface area contributed by atoms with Crippen molar-refractivity contribution in [1.29, 1.82) is 0 Å². The van der Waals surface area contributed by atoms with Crippen molar-refractivity contribution in [2.45, 2.75) is 38.1 Å². The molecule has 1 amide bonds. The molecule has 0 unspecified atom stereocenters. The van der Waals surface area contributed by atoms with Crippen molar-refractivity contribution < 1.29 is 13.2 Å². The Morgan fingerprint density at radius 3 is 2.45 bits per heavy atom. The fourth-order valence-corrected chi connectivity index (χ4v) is 4.81. The number of carbonyl (C=O) groups is 1. The maximum absolute atomic E-state index is 12.8. The molecule has 2 aromatic carbocycles. The van der Waals surface area contributed by atoms with Gasteiger partial charge in [0, 0.05) is 30.9 Å². The summed E-state index contributed by atoms with van der Waals surface area (Å²) in [6.07, 6.45) is 0.797. The molecule has 0 saturated heterocycles. The Kier molecular flexibility index (Phi) is 7.33. The van der Waals surface area contributed by atoms with Gasteiger partial charge in [0.1, 0.15) is 11.9 Å². The van der Waals surface area contributed by atoms with Crippen LogP contribution in [0.1, 0.15) is 32.8 Å². The number of para-hydroxylation sites is 1. The highest BCUT2D eigenvalue weighted by atomic mass is 32.2. The average molecular weight is 443 g/mol. The van der Waals surface area contributed by atoms with Gasteiger partial charge in [0.25, 0.3) is 10.0 Å². The summed E-state index contributed by atoms with van der Waals surface area (Å²) < 4.78 is 27.1. The number of nitrogens with one attached hydrogen (secondary N) is 2. The number of nitrogens with zero attached hydrogens (tertiary/aromatic N) is 2. The maximum Gasteiger partial charge on any atom is 0.263 e. The van der Waals surface area contributed by atoms with Gasteiger partial charge in [-0.05, 0) is 43.5 Å². The summed E-state index contributed by atoms with van der Waals surface area (Å²) in [6.45, 7) is 8.15. The summed E-state index contributed by atoms with van der Waals surface area (Å²) >= 11 is 0. The molecule has 1 heterocycles. The first-order chi connectivity index (χ1) is 14.8. The van der Waals surface area contributed by atoms with Gasteiger partial charge in [-0.2, -0.15) is 0 Å². The van der Waals surface area contributed by atoms with Crippen LogP contribution in [-0.4, -0.2) is 45.8 Å². The standard InChI is InChI=1S/C23H30N4O3S/c1-4-27(18-11-6-5-7-12-18)16-10-15-24-23(28)21(17(2)3)25-22-19-13-8-9-14-20(19)31(29,30)26-22/h5-9,11-14,17,21H,4,10,15-16H2,1-3H3,(H,24,28)(H,25,26)/t21-/m0/s1. The molecule has 0 bridgehead atoms. The molecule has 7 nitrogen and oxygen atoms in total. The number of hydrogen-bond acceptors (Lipinski definition) is 5. The molecule has 166 valence electrons. The van der Waals surface area contributed by atoms with Crippen molar-refractivity contribution in [3.63, 3.8) is 0 Å². The van der Waals surface area contributed by atoms with E-state index in [0.717, 1.165) is 25.2 Å². The zero-order chi connectivity index (χ0) is 22.4. The van der Waals surface area contributed by atoms with Crippen LogP contribution in [-0.2, 0) is 14.8 Å². The number of anilines is 1. The number of rotatable bonds is 9. The molecule has 1 atom stereocenters. The van der Waals surface area contributed by atoms with Crippen LogP contribution in [0.5, 0.6) is 0 Å². The molecule has 1 aliphatic rings. The van der Waals surface area contributed by atoms with E-state index in [2.05, 4.69) is 39.0 Å². The Labute approximate surface area is 184 Å². The molecule has 0 spiro atoms. The molecule has 8 heteroatoms. The molecular weight excluding hydrogens is 412 g/mol. The van der Waals surface area contributed by atoms with Crippen LogP contribution >= 0.6 is 0 Å². The number of sulfonamides is 1. The minimum absolute atomic E-state index is 0.0822. The summed E-state index contributed by atoms with van der Waals surface area (Å²) in [6, 6.07) is 16.2. The van der Waals surface area contributed by atoms with Crippen LogP contribution in [0.2, 0.25) is 0 Å². The molecule has 0 aromatic heterocycles. The lowest BCUT2D eigenvalue weighted by atomic mass is 10.0. The van der Waals surface area contributed by atoms with Crippen molar-refractivity contribution in [3.8, 4) is 0 Å². The van der Waals surface area contributed by atoms with Gasteiger partial charge in [-0.3, -0.25) is 14.5 Å². The Hall–Kier alpha value is -2.87. The van der Waals surface area contributed by atoms with Gasteiger partial charge in [-0.25, -0.2) is 8.42 Å².